The lowest BCUT2D eigenvalue weighted by Gasteiger charge is -1.98. The number of tetrazole rings is 1. The maximum absolute atomic E-state index is 4.07. The lowest BCUT2D eigenvalue weighted by atomic mass is 10.5. The van der Waals surface area contributed by atoms with E-state index in [-0.39, 0.29) is 0 Å². The Morgan fingerprint density at radius 2 is 2.08 bits per heavy atom. The highest BCUT2D eigenvalue weighted by molar-refractivity contribution is 4.90. The second-order valence-corrected chi connectivity index (χ2v) is 2.55. The highest BCUT2D eigenvalue weighted by Gasteiger charge is 2.01. The van der Waals surface area contributed by atoms with Crippen LogP contribution in [-0.4, -0.2) is 30.2 Å². The third kappa shape index (κ3) is 1.66. The Morgan fingerprint density at radius 1 is 1.31 bits per heavy atom. The summed E-state index contributed by atoms with van der Waals surface area (Å²) in [5, 5.41) is 11.1. The molecule has 0 bridgehead atoms. The third-order valence-electron chi connectivity index (χ3n) is 1.62. The van der Waals surface area contributed by atoms with Gasteiger partial charge in [-0.25, -0.2) is 14.6 Å². The zero-order valence-corrected chi connectivity index (χ0v) is 7.12. The fourth-order valence-electron chi connectivity index (χ4n) is 0.941. The first-order valence-electron chi connectivity index (χ1n) is 3.85. The first-order valence-corrected chi connectivity index (χ1v) is 3.85. The first-order chi connectivity index (χ1) is 6.36. The number of hydrogen-bond acceptors (Lipinski definition) is 5. The van der Waals surface area contributed by atoms with Gasteiger partial charge in [0.15, 0.2) is 0 Å². The third-order valence-corrected chi connectivity index (χ3v) is 1.62. The zero-order valence-electron chi connectivity index (χ0n) is 7.12. The Kier molecular flexibility index (Phi) is 1.95. The molecular formula is C7H8N6. The van der Waals surface area contributed by atoms with Crippen molar-refractivity contribution >= 4 is 0 Å². The van der Waals surface area contributed by atoms with Crippen molar-refractivity contribution in [2.75, 3.05) is 0 Å². The Balaban J connectivity index is 2.20. The summed E-state index contributed by atoms with van der Waals surface area (Å²) in [4.78, 5) is 8.13. The fraction of sp³-hybridized carbons (Fsp3) is 0.286. The zero-order chi connectivity index (χ0) is 9.10. The molecule has 0 atom stereocenters. The molecule has 66 valence electrons. The maximum Gasteiger partial charge on any atom is 0.149 e. The summed E-state index contributed by atoms with van der Waals surface area (Å²) in [6, 6.07) is 1.77. The molecule has 0 fully saturated rings. The SMILES string of the molecule is Cc1nnnn1Cc1ncccn1. The van der Waals surface area contributed by atoms with Crippen LogP contribution >= 0.6 is 0 Å². The molecular weight excluding hydrogens is 168 g/mol. The Labute approximate surface area is 74.6 Å². The molecule has 0 aromatic carbocycles. The van der Waals surface area contributed by atoms with Crippen LogP contribution in [0.4, 0.5) is 0 Å². The molecule has 0 radical (unpaired) electrons. The molecule has 0 spiro atoms. The van der Waals surface area contributed by atoms with E-state index in [9.17, 15) is 0 Å². The van der Waals surface area contributed by atoms with E-state index in [2.05, 4.69) is 25.5 Å². The van der Waals surface area contributed by atoms with E-state index >= 15 is 0 Å². The second kappa shape index (κ2) is 3.26. The fourth-order valence-corrected chi connectivity index (χ4v) is 0.941. The van der Waals surface area contributed by atoms with Crippen LogP contribution in [0.5, 0.6) is 0 Å². The predicted octanol–water partition coefficient (Wildman–Crippen LogP) is -0.180. The minimum atomic E-state index is 0.514. The molecule has 2 aromatic rings. The summed E-state index contributed by atoms with van der Waals surface area (Å²) >= 11 is 0. The van der Waals surface area contributed by atoms with Crippen molar-refractivity contribution in [3.05, 3.63) is 30.1 Å². The minimum Gasteiger partial charge on any atom is -0.239 e. The minimum absolute atomic E-state index is 0.514. The van der Waals surface area contributed by atoms with Crippen molar-refractivity contribution in [3.63, 3.8) is 0 Å². The van der Waals surface area contributed by atoms with Crippen LogP contribution in [0.2, 0.25) is 0 Å². The van der Waals surface area contributed by atoms with E-state index in [1.54, 1.807) is 23.1 Å². The van der Waals surface area contributed by atoms with Gasteiger partial charge in [-0.2, -0.15) is 0 Å². The molecule has 0 unspecified atom stereocenters. The summed E-state index contributed by atoms with van der Waals surface area (Å²) in [6.07, 6.45) is 3.39. The summed E-state index contributed by atoms with van der Waals surface area (Å²) < 4.78 is 1.65. The van der Waals surface area contributed by atoms with Gasteiger partial charge in [-0.05, 0) is 23.4 Å². The quantitative estimate of drug-likeness (QED) is 0.634. The average Bonchev–Trinajstić information content (AvgIpc) is 2.54. The standard InChI is InChI=1S/C7H8N6/c1-6-10-11-12-13(6)5-7-8-3-2-4-9-7/h2-4H,5H2,1H3. The van der Waals surface area contributed by atoms with Gasteiger partial charge in [0, 0.05) is 12.4 Å². The van der Waals surface area contributed by atoms with E-state index < -0.39 is 0 Å². The Hall–Kier alpha value is -1.85. The van der Waals surface area contributed by atoms with E-state index in [0.29, 0.717) is 12.4 Å². The van der Waals surface area contributed by atoms with Crippen molar-refractivity contribution in [3.8, 4) is 0 Å². The van der Waals surface area contributed by atoms with E-state index in [1.165, 1.54) is 0 Å². The van der Waals surface area contributed by atoms with Crippen LogP contribution in [-0.2, 0) is 6.54 Å². The molecule has 2 heterocycles. The molecule has 13 heavy (non-hydrogen) atoms. The molecule has 0 saturated heterocycles. The number of aromatic nitrogens is 6. The van der Waals surface area contributed by atoms with Gasteiger partial charge in [0.25, 0.3) is 0 Å². The second-order valence-electron chi connectivity index (χ2n) is 2.55. The van der Waals surface area contributed by atoms with Crippen LogP contribution in [0.1, 0.15) is 11.6 Å². The summed E-state index contributed by atoms with van der Waals surface area (Å²) in [5.41, 5.74) is 0. The molecule has 6 heteroatoms. The average molecular weight is 176 g/mol. The number of rotatable bonds is 2. The highest BCUT2D eigenvalue weighted by Crippen LogP contribution is 1.94. The van der Waals surface area contributed by atoms with Gasteiger partial charge < -0.3 is 0 Å². The molecule has 2 rings (SSSR count). The van der Waals surface area contributed by atoms with Crippen molar-refractivity contribution < 1.29 is 0 Å². The van der Waals surface area contributed by atoms with E-state index in [1.807, 2.05) is 6.92 Å². The van der Waals surface area contributed by atoms with Crippen LogP contribution in [0.25, 0.3) is 0 Å². The van der Waals surface area contributed by atoms with Gasteiger partial charge in [0.2, 0.25) is 0 Å². The molecule has 0 saturated carbocycles. The molecule has 0 aliphatic carbocycles. The monoisotopic (exact) mass is 176 g/mol. The summed E-state index contributed by atoms with van der Waals surface area (Å²) in [7, 11) is 0. The number of aryl methyl sites for hydroxylation is 1. The van der Waals surface area contributed by atoms with Gasteiger partial charge in [0.1, 0.15) is 18.2 Å². The summed E-state index contributed by atoms with van der Waals surface area (Å²) in [5.74, 6) is 1.46. The van der Waals surface area contributed by atoms with Gasteiger partial charge in [0.05, 0.1) is 0 Å². The normalized spacial score (nSPS) is 10.2. The molecule has 0 aliphatic heterocycles. The molecule has 0 aliphatic rings. The maximum atomic E-state index is 4.07. The van der Waals surface area contributed by atoms with Crippen molar-refractivity contribution in [2.24, 2.45) is 0 Å². The molecule has 2 aromatic heterocycles. The predicted molar refractivity (Wildman–Crippen MR) is 43.7 cm³/mol. The van der Waals surface area contributed by atoms with Gasteiger partial charge in [-0.3, -0.25) is 0 Å². The number of hydrogen-bond donors (Lipinski definition) is 0. The highest BCUT2D eigenvalue weighted by atomic mass is 15.5. The van der Waals surface area contributed by atoms with Crippen molar-refractivity contribution in [2.45, 2.75) is 13.5 Å². The van der Waals surface area contributed by atoms with E-state index in [4.69, 9.17) is 0 Å². The number of nitrogens with zero attached hydrogens (tertiary/aromatic N) is 6. The molecule has 0 amide bonds. The lowest BCUT2D eigenvalue weighted by Crippen LogP contribution is -2.07. The van der Waals surface area contributed by atoms with Crippen molar-refractivity contribution in [1.82, 2.24) is 30.2 Å². The van der Waals surface area contributed by atoms with E-state index in [0.717, 1.165) is 5.82 Å². The lowest BCUT2D eigenvalue weighted by molar-refractivity contribution is 0.610. The summed E-state index contributed by atoms with van der Waals surface area (Å²) in [6.45, 7) is 2.35. The Morgan fingerprint density at radius 3 is 2.69 bits per heavy atom. The van der Waals surface area contributed by atoms with Gasteiger partial charge in [-0.1, -0.05) is 0 Å². The van der Waals surface area contributed by atoms with Crippen LogP contribution in [0, 0.1) is 6.92 Å². The van der Waals surface area contributed by atoms with Crippen LogP contribution in [0.3, 0.4) is 0 Å². The first kappa shape index (κ1) is 7.78. The van der Waals surface area contributed by atoms with Gasteiger partial charge in [-0.15, -0.1) is 5.10 Å². The topological polar surface area (TPSA) is 69.4 Å². The molecule has 0 N–H and O–H groups in total. The van der Waals surface area contributed by atoms with Crippen molar-refractivity contribution in [1.29, 1.82) is 0 Å². The van der Waals surface area contributed by atoms with Crippen LogP contribution < -0.4 is 0 Å². The van der Waals surface area contributed by atoms with Gasteiger partial charge >= 0.3 is 0 Å². The largest absolute Gasteiger partial charge is 0.239 e. The molecule has 6 nitrogen and oxygen atoms in total. The van der Waals surface area contributed by atoms with Crippen LogP contribution in [0.15, 0.2) is 18.5 Å². The Bertz CT molecular complexity index is 381. The smallest absolute Gasteiger partial charge is 0.149 e.